The molecule has 0 spiro atoms. The maximum Gasteiger partial charge on any atom is 0.262 e. The van der Waals surface area contributed by atoms with E-state index >= 15 is 0 Å². The lowest BCUT2D eigenvalue weighted by Crippen LogP contribution is -2.28. The Morgan fingerprint density at radius 2 is 1.61 bits per heavy atom. The molecule has 1 nitrogen and oxygen atoms in total. The van der Waals surface area contributed by atoms with Crippen molar-refractivity contribution in [3.05, 3.63) is 65.2 Å². The molecule has 0 saturated carbocycles. The van der Waals surface area contributed by atoms with E-state index in [2.05, 4.69) is 72.3 Å². The Labute approximate surface area is 111 Å². The third-order valence-electron chi connectivity index (χ3n) is 2.99. The van der Waals surface area contributed by atoms with Crippen LogP contribution >= 0.6 is 11.3 Å². The van der Waals surface area contributed by atoms with Gasteiger partial charge in [0.2, 0.25) is 5.52 Å². The number of aryl methyl sites for hydroxylation is 1. The van der Waals surface area contributed by atoms with Gasteiger partial charge in [0.15, 0.2) is 0 Å². The number of hydrogen-bond donors (Lipinski definition) is 0. The van der Waals surface area contributed by atoms with E-state index in [1.165, 1.54) is 20.8 Å². The van der Waals surface area contributed by atoms with Gasteiger partial charge in [-0.1, -0.05) is 53.8 Å². The Balaban J connectivity index is 2.00. The van der Waals surface area contributed by atoms with Crippen molar-refractivity contribution in [2.45, 2.75) is 0 Å². The summed E-state index contributed by atoms with van der Waals surface area (Å²) in [6.07, 6.45) is 4.34. The molecule has 1 aromatic heterocycles. The minimum Gasteiger partial charge on any atom is -0.185 e. The summed E-state index contributed by atoms with van der Waals surface area (Å²) < 4.78 is 3.56. The van der Waals surface area contributed by atoms with Gasteiger partial charge in [-0.05, 0) is 17.7 Å². The lowest BCUT2D eigenvalue weighted by molar-refractivity contribution is -0.642. The monoisotopic (exact) mass is 252 g/mol. The van der Waals surface area contributed by atoms with Crippen molar-refractivity contribution in [1.82, 2.24) is 0 Å². The molecular formula is C16H14NS+. The van der Waals surface area contributed by atoms with E-state index in [0.717, 1.165) is 0 Å². The highest BCUT2D eigenvalue weighted by Gasteiger charge is 2.12. The smallest absolute Gasteiger partial charge is 0.185 e. The maximum absolute atomic E-state index is 2.24. The molecule has 0 bridgehead atoms. The Bertz CT molecular complexity index is 695. The first-order valence-electron chi connectivity index (χ1n) is 5.95. The zero-order chi connectivity index (χ0) is 12.4. The zero-order valence-electron chi connectivity index (χ0n) is 10.2. The van der Waals surface area contributed by atoms with E-state index in [1.807, 2.05) is 17.4 Å². The molecule has 3 aromatic rings. The molecule has 0 unspecified atom stereocenters. The van der Waals surface area contributed by atoms with E-state index in [0.29, 0.717) is 0 Å². The van der Waals surface area contributed by atoms with Crippen molar-refractivity contribution < 1.29 is 4.57 Å². The number of hydrogen-bond acceptors (Lipinski definition) is 1. The summed E-state index contributed by atoms with van der Waals surface area (Å²) in [6.45, 7) is 0. The van der Waals surface area contributed by atoms with E-state index in [-0.39, 0.29) is 0 Å². The van der Waals surface area contributed by atoms with Crippen LogP contribution in [0.1, 0.15) is 10.6 Å². The number of rotatable bonds is 2. The maximum atomic E-state index is 2.24. The first-order chi connectivity index (χ1) is 8.84. The largest absolute Gasteiger partial charge is 0.262 e. The van der Waals surface area contributed by atoms with E-state index in [4.69, 9.17) is 0 Å². The Morgan fingerprint density at radius 3 is 2.39 bits per heavy atom. The van der Waals surface area contributed by atoms with Crippen LogP contribution in [0.5, 0.6) is 0 Å². The third kappa shape index (κ3) is 2.07. The molecule has 0 fully saturated rings. The van der Waals surface area contributed by atoms with Crippen molar-refractivity contribution in [2.75, 3.05) is 0 Å². The number of nitrogens with zero attached hydrogens (tertiary/aromatic N) is 1. The molecule has 0 saturated heterocycles. The fourth-order valence-electron chi connectivity index (χ4n) is 2.00. The SMILES string of the molecule is C[n+]1c(C=Cc2ccccc2)sc2ccccc21. The van der Waals surface area contributed by atoms with Crippen LogP contribution in [0, 0.1) is 0 Å². The van der Waals surface area contributed by atoms with Crippen LogP contribution in [0.2, 0.25) is 0 Å². The minimum atomic E-state index is 1.23. The van der Waals surface area contributed by atoms with Crippen molar-refractivity contribution in [3.63, 3.8) is 0 Å². The molecule has 0 N–H and O–H groups in total. The predicted octanol–water partition coefficient (Wildman–Crippen LogP) is 3.90. The van der Waals surface area contributed by atoms with Crippen LogP contribution in [0.25, 0.3) is 22.4 Å². The number of para-hydroxylation sites is 1. The van der Waals surface area contributed by atoms with Crippen molar-refractivity contribution in [3.8, 4) is 0 Å². The second-order valence-corrected chi connectivity index (χ2v) is 5.27. The molecule has 0 aliphatic rings. The van der Waals surface area contributed by atoms with Crippen molar-refractivity contribution >= 4 is 33.7 Å². The Hall–Kier alpha value is -1.93. The van der Waals surface area contributed by atoms with Gasteiger partial charge in [-0.25, -0.2) is 0 Å². The molecule has 0 aliphatic carbocycles. The van der Waals surface area contributed by atoms with Gasteiger partial charge >= 0.3 is 0 Å². The van der Waals surface area contributed by atoms with Gasteiger partial charge in [0.05, 0.1) is 0 Å². The first-order valence-corrected chi connectivity index (χ1v) is 6.77. The molecule has 3 rings (SSSR count). The summed E-state index contributed by atoms with van der Waals surface area (Å²) in [6, 6.07) is 18.9. The normalized spacial score (nSPS) is 11.4. The van der Waals surface area contributed by atoms with Gasteiger partial charge in [0.1, 0.15) is 11.7 Å². The summed E-state index contributed by atoms with van der Waals surface area (Å²) >= 11 is 1.82. The Morgan fingerprint density at radius 1 is 0.889 bits per heavy atom. The van der Waals surface area contributed by atoms with Crippen LogP contribution in [0.15, 0.2) is 54.6 Å². The van der Waals surface area contributed by atoms with E-state index < -0.39 is 0 Å². The molecule has 0 aliphatic heterocycles. The highest BCUT2D eigenvalue weighted by molar-refractivity contribution is 7.18. The summed E-state index contributed by atoms with van der Waals surface area (Å²) in [7, 11) is 2.11. The fourth-order valence-corrected chi connectivity index (χ4v) is 3.05. The topological polar surface area (TPSA) is 3.88 Å². The molecule has 18 heavy (non-hydrogen) atoms. The molecule has 0 amide bonds. The highest BCUT2D eigenvalue weighted by Crippen LogP contribution is 2.21. The average Bonchev–Trinajstić information content (AvgIpc) is 2.75. The summed E-state index contributed by atoms with van der Waals surface area (Å²) in [5, 5.41) is 1.26. The lowest BCUT2D eigenvalue weighted by Gasteiger charge is -1.89. The summed E-state index contributed by atoms with van der Waals surface area (Å²) in [5.74, 6) is 0. The van der Waals surface area contributed by atoms with Crippen LogP contribution < -0.4 is 4.57 Å². The van der Waals surface area contributed by atoms with Crippen molar-refractivity contribution in [2.24, 2.45) is 7.05 Å². The van der Waals surface area contributed by atoms with Crippen LogP contribution in [0.3, 0.4) is 0 Å². The highest BCUT2D eigenvalue weighted by atomic mass is 32.1. The van der Waals surface area contributed by atoms with Gasteiger partial charge in [0, 0.05) is 12.1 Å². The van der Waals surface area contributed by atoms with Crippen LogP contribution in [-0.2, 0) is 7.05 Å². The number of fused-ring (bicyclic) bond motifs is 1. The van der Waals surface area contributed by atoms with Crippen LogP contribution in [0.4, 0.5) is 0 Å². The van der Waals surface area contributed by atoms with Gasteiger partial charge < -0.3 is 0 Å². The van der Waals surface area contributed by atoms with Gasteiger partial charge in [-0.2, -0.15) is 4.57 Å². The molecule has 88 valence electrons. The van der Waals surface area contributed by atoms with Gasteiger partial charge in [-0.3, -0.25) is 0 Å². The molecule has 0 radical (unpaired) electrons. The molecule has 2 aromatic carbocycles. The number of thiazole rings is 1. The quantitative estimate of drug-likeness (QED) is 0.609. The first kappa shape index (κ1) is 11.2. The van der Waals surface area contributed by atoms with E-state index in [9.17, 15) is 0 Å². The number of aromatic nitrogens is 1. The van der Waals surface area contributed by atoms with E-state index in [1.54, 1.807) is 0 Å². The van der Waals surface area contributed by atoms with Gasteiger partial charge in [0.25, 0.3) is 5.01 Å². The molecule has 0 atom stereocenters. The van der Waals surface area contributed by atoms with Crippen molar-refractivity contribution in [1.29, 1.82) is 0 Å². The second kappa shape index (κ2) is 4.75. The molecule has 2 heteroatoms. The third-order valence-corrected chi connectivity index (χ3v) is 4.17. The standard InChI is InChI=1S/C16H14NS/c1-17-14-9-5-6-10-15(14)18-16(17)12-11-13-7-3-2-4-8-13/h2-12H,1H3/q+1. The summed E-state index contributed by atoms with van der Waals surface area (Å²) in [5.41, 5.74) is 2.52. The average molecular weight is 252 g/mol. The minimum absolute atomic E-state index is 1.23. The molecular weight excluding hydrogens is 238 g/mol. The lowest BCUT2D eigenvalue weighted by atomic mass is 10.2. The fraction of sp³-hybridized carbons (Fsp3) is 0.0625. The van der Waals surface area contributed by atoms with Gasteiger partial charge in [-0.15, -0.1) is 0 Å². The second-order valence-electron chi connectivity index (χ2n) is 4.21. The number of benzene rings is 2. The van der Waals surface area contributed by atoms with Crippen LogP contribution in [-0.4, -0.2) is 0 Å². The Kier molecular flexibility index (Phi) is 2.95. The zero-order valence-corrected chi connectivity index (χ0v) is 11.0. The summed E-state index contributed by atoms with van der Waals surface area (Å²) in [4.78, 5) is 0. The predicted molar refractivity (Wildman–Crippen MR) is 78.4 cm³/mol. The molecule has 1 heterocycles.